The summed E-state index contributed by atoms with van der Waals surface area (Å²) in [4.78, 5) is 33.3. The van der Waals surface area contributed by atoms with E-state index in [0.717, 1.165) is 35.0 Å². The maximum atomic E-state index is 13.3. The minimum Gasteiger partial charge on any atom is -0.395 e. The number of nitrogens with zero attached hydrogens (tertiary/aromatic N) is 4. The highest BCUT2D eigenvalue weighted by molar-refractivity contribution is 5.99. The van der Waals surface area contributed by atoms with Gasteiger partial charge in [0, 0.05) is 36.0 Å². The van der Waals surface area contributed by atoms with E-state index in [1.54, 1.807) is 4.90 Å². The van der Waals surface area contributed by atoms with Crippen LogP contribution in [-0.4, -0.2) is 66.7 Å². The fourth-order valence-electron chi connectivity index (χ4n) is 5.03. The van der Waals surface area contributed by atoms with Crippen LogP contribution in [0.25, 0.3) is 10.9 Å². The summed E-state index contributed by atoms with van der Waals surface area (Å²) < 4.78 is 1.85. The van der Waals surface area contributed by atoms with Crippen molar-refractivity contribution in [2.45, 2.75) is 37.9 Å². The topological polar surface area (TPSA) is 94.5 Å². The Hall–Kier alpha value is -3.13. The van der Waals surface area contributed by atoms with Gasteiger partial charge < -0.3 is 19.9 Å². The van der Waals surface area contributed by atoms with Crippen LogP contribution < -0.4 is 0 Å². The molecule has 2 aromatic heterocycles. The number of para-hydroxylation sites is 1. The molecule has 0 atom stereocenters. The predicted octanol–water partition coefficient (Wildman–Crippen LogP) is 1.54. The first-order valence-corrected chi connectivity index (χ1v) is 10.5. The molecule has 3 aliphatic rings. The molecule has 2 amide bonds. The van der Waals surface area contributed by atoms with E-state index in [9.17, 15) is 14.7 Å². The number of hydrogen-bond donors (Lipinski definition) is 2. The lowest BCUT2D eigenvalue weighted by Gasteiger charge is -2.36. The van der Waals surface area contributed by atoms with E-state index < -0.39 is 0 Å². The first-order chi connectivity index (χ1) is 14.6. The summed E-state index contributed by atoms with van der Waals surface area (Å²) in [6.45, 7) is 1.93. The highest BCUT2D eigenvalue weighted by Gasteiger charge is 2.55. The molecule has 4 heterocycles. The Morgan fingerprint density at radius 3 is 2.87 bits per heavy atom. The van der Waals surface area contributed by atoms with Crippen molar-refractivity contribution < 1.29 is 14.7 Å². The number of nitrogens with one attached hydrogen (secondary N) is 1. The number of aliphatic hydroxyl groups is 1. The first kappa shape index (κ1) is 17.7. The van der Waals surface area contributed by atoms with Gasteiger partial charge in [-0.2, -0.15) is 5.10 Å². The molecule has 2 aliphatic heterocycles. The maximum absolute atomic E-state index is 13.3. The van der Waals surface area contributed by atoms with Crippen LogP contribution in [0.5, 0.6) is 0 Å². The molecule has 154 valence electrons. The van der Waals surface area contributed by atoms with Gasteiger partial charge in [-0.1, -0.05) is 18.2 Å². The van der Waals surface area contributed by atoms with Gasteiger partial charge in [-0.3, -0.25) is 14.3 Å². The van der Waals surface area contributed by atoms with Gasteiger partial charge in [-0.15, -0.1) is 0 Å². The third-order valence-electron chi connectivity index (χ3n) is 6.76. The molecule has 8 heteroatoms. The Balaban J connectivity index is 1.32. The number of carbonyl (C=O) groups is 2. The number of rotatable bonds is 3. The molecule has 6 rings (SSSR count). The van der Waals surface area contributed by atoms with E-state index in [0.29, 0.717) is 44.0 Å². The van der Waals surface area contributed by atoms with Crippen molar-refractivity contribution in [2.75, 3.05) is 19.7 Å². The first-order valence-electron chi connectivity index (χ1n) is 10.5. The lowest BCUT2D eigenvalue weighted by molar-refractivity contribution is 0.0482. The maximum Gasteiger partial charge on any atom is 0.273 e. The second-order valence-electron chi connectivity index (χ2n) is 8.58. The SMILES string of the molecule is O=C(c1cc2ccccc2[nH]1)N1CCc2nn3c(c2C1)C(=O)N(CCO)C1(CC1)C3. The molecule has 1 saturated carbocycles. The number of carbonyl (C=O) groups excluding carboxylic acids is 2. The molecule has 3 aromatic rings. The fourth-order valence-corrected chi connectivity index (χ4v) is 5.03. The van der Waals surface area contributed by atoms with E-state index in [1.807, 2.05) is 39.9 Å². The van der Waals surface area contributed by atoms with Crippen LogP contribution in [0.15, 0.2) is 30.3 Å². The van der Waals surface area contributed by atoms with Crippen LogP contribution in [0.4, 0.5) is 0 Å². The number of aliphatic hydroxyl groups excluding tert-OH is 1. The number of H-pyrrole nitrogens is 1. The van der Waals surface area contributed by atoms with Gasteiger partial charge in [0.2, 0.25) is 0 Å². The second-order valence-corrected chi connectivity index (χ2v) is 8.58. The Morgan fingerprint density at radius 1 is 1.27 bits per heavy atom. The Kier molecular flexibility index (Phi) is 3.65. The normalized spacial score (nSPS) is 19.3. The van der Waals surface area contributed by atoms with Crippen LogP contribution in [-0.2, 0) is 19.5 Å². The van der Waals surface area contributed by atoms with Crippen LogP contribution in [0.2, 0.25) is 0 Å². The summed E-state index contributed by atoms with van der Waals surface area (Å²) in [6, 6.07) is 9.71. The Labute approximate surface area is 173 Å². The minimum atomic E-state index is -0.179. The van der Waals surface area contributed by atoms with Gasteiger partial charge in [0.15, 0.2) is 0 Å². The summed E-state index contributed by atoms with van der Waals surface area (Å²) >= 11 is 0. The van der Waals surface area contributed by atoms with Gasteiger partial charge in [0.25, 0.3) is 11.8 Å². The van der Waals surface area contributed by atoms with Crippen LogP contribution >= 0.6 is 0 Å². The molecular weight excluding hydrogens is 382 g/mol. The van der Waals surface area contributed by atoms with Crippen LogP contribution in [0.3, 0.4) is 0 Å². The van der Waals surface area contributed by atoms with Crippen molar-refractivity contribution in [3.63, 3.8) is 0 Å². The molecule has 0 radical (unpaired) electrons. The molecule has 0 bridgehead atoms. The summed E-state index contributed by atoms with van der Waals surface area (Å²) in [6.07, 6.45) is 2.54. The number of hydrogen-bond acceptors (Lipinski definition) is 4. The van der Waals surface area contributed by atoms with E-state index in [-0.39, 0.29) is 24.0 Å². The van der Waals surface area contributed by atoms with E-state index in [1.165, 1.54) is 0 Å². The van der Waals surface area contributed by atoms with Crippen molar-refractivity contribution in [2.24, 2.45) is 0 Å². The number of aromatic nitrogens is 3. The molecule has 1 aliphatic carbocycles. The average molecular weight is 405 g/mol. The van der Waals surface area contributed by atoms with Gasteiger partial charge >= 0.3 is 0 Å². The molecular formula is C22H23N5O3. The van der Waals surface area contributed by atoms with E-state index >= 15 is 0 Å². The smallest absolute Gasteiger partial charge is 0.273 e. The van der Waals surface area contributed by atoms with Crippen molar-refractivity contribution >= 4 is 22.7 Å². The summed E-state index contributed by atoms with van der Waals surface area (Å²) in [5, 5.41) is 15.2. The molecule has 0 unspecified atom stereocenters. The second kappa shape index (κ2) is 6.18. The molecule has 1 spiro atoms. The highest BCUT2D eigenvalue weighted by atomic mass is 16.3. The molecule has 1 aromatic carbocycles. The monoisotopic (exact) mass is 405 g/mol. The van der Waals surface area contributed by atoms with Crippen molar-refractivity contribution in [3.05, 3.63) is 53.0 Å². The zero-order valence-electron chi connectivity index (χ0n) is 16.6. The molecule has 2 N–H and O–H groups in total. The molecule has 30 heavy (non-hydrogen) atoms. The predicted molar refractivity (Wildman–Crippen MR) is 109 cm³/mol. The number of aromatic amines is 1. The highest BCUT2D eigenvalue weighted by Crippen LogP contribution is 2.47. The minimum absolute atomic E-state index is 0.0468. The Bertz CT molecular complexity index is 1160. The number of benzene rings is 1. The van der Waals surface area contributed by atoms with Gasteiger partial charge in [0.1, 0.15) is 11.4 Å². The van der Waals surface area contributed by atoms with Crippen molar-refractivity contribution in [3.8, 4) is 0 Å². The Morgan fingerprint density at radius 2 is 2.10 bits per heavy atom. The van der Waals surface area contributed by atoms with Gasteiger partial charge in [-0.25, -0.2) is 0 Å². The number of β-amino-alcohol motifs (C(OH)–C–C–N with tert-alkyl or cyclic N) is 1. The van der Waals surface area contributed by atoms with Crippen molar-refractivity contribution in [1.29, 1.82) is 0 Å². The lowest BCUT2D eigenvalue weighted by Crippen LogP contribution is -2.51. The zero-order chi connectivity index (χ0) is 20.5. The largest absolute Gasteiger partial charge is 0.395 e. The average Bonchev–Trinajstić information content (AvgIpc) is 3.22. The summed E-state index contributed by atoms with van der Waals surface area (Å²) in [5.41, 5.74) is 3.68. The molecule has 0 saturated heterocycles. The third-order valence-corrected chi connectivity index (χ3v) is 6.76. The van der Waals surface area contributed by atoms with Gasteiger partial charge in [-0.05, 0) is 25.0 Å². The van der Waals surface area contributed by atoms with Crippen LogP contribution in [0, 0.1) is 0 Å². The number of amides is 2. The summed E-state index contributed by atoms with van der Waals surface area (Å²) in [5.74, 6) is -0.132. The lowest BCUT2D eigenvalue weighted by atomic mass is 10.0. The zero-order valence-corrected chi connectivity index (χ0v) is 16.6. The quantitative estimate of drug-likeness (QED) is 0.691. The third kappa shape index (κ3) is 2.46. The number of fused-ring (bicyclic) bond motifs is 4. The van der Waals surface area contributed by atoms with E-state index in [2.05, 4.69) is 4.98 Å². The van der Waals surface area contributed by atoms with Crippen LogP contribution in [0.1, 0.15) is 45.1 Å². The van der Waals surface area contributed by atoms with Crippen molar-refractivity contribution in [1.82, 2.24) is 24.6 Å². The summed E-state index contributed by atoms with van der Waals surface area (Å²) in [7, 11) is 0. The van der Waals surface area contributed by atoms with E-state index in [4.69, 9.17) is 5.10 Å². The molecule has 8 nitrogen and oxygen atoms in total. The molecule has 1 fully saturated rings. The van der Waals surface area contributed by atoms with Gasteiger partial charge in [0.05, 0.1) is 30.9 Å². The fraction of sp³-hybridized carbons (Fsp3) is 0.409. The standard InChI is InChI=1S/C22H23N5O3/c28-10-9-26-21(30)19-15-12-25(8-5-17(15)24-27(19)13-22(26)6-7-22)20(29)18-11-14-3-1-2-4-16(14)23-18/h1-4,11,23,28H,5-10,12-13H2.